The molecule has 9 N–H and O–H groups in total. The van der Waals surface area contributed by atoms with E-state index in [2.05, 4.69) is 10.3 Å². The Morgan fingerprint density at radius 3 is 2.27 bits per heavy atom. The summed E-state index contributed by atoms with van der Waals surface area (Å²) in [6, 6.07) is 13.4. The predicted octanol–water partition coefficient (Wildman–Crippen LogP) is -1.91. The predicted molar refractivity (Wildman–Crippen MR) is 176 cm³/mol. The van der Waals surface area contributed by atoms with E-state index in [1.54, 1.807) is 11.1 Å². The number of H-pyrrole nitrogens is 1. The third kappa shape index (κ3) is 5.58. The highest BCUT2D eigenvalue weighted by atomic mass is 16.7. The molecule has 272 valence electrons. The summed E-state index contributed by atoms with van der Waals surface area (Å²) in [6.45, 7) is -0.826. The second-order valence-electron chi connectivity index (χ2n) is 13.7. The molecule has 8 rings (SSSR count). The summed E-state index contributed by atoms with van der Waals surface area (Å²) in [5.74, 6) is -2.39. The van der Waals surface area contributed by atoms with Gasteiger partial charge in [-0.15, -0.1) is 0 Å². The van der Waals surface area contributed by atoms with Gasteiger partial charge in [-0.25, -0.2) is 0 Å². The van der Waals surface area contributed by atoms with Crippen molar-refractivity contribution < 1.29 is 59.5 Å². The monoisotopic (exact) mass is 708 g/mol. The Hall–Kier alpha value is -3.78. The molecule has 4 aromatic rings. The molecule has 2 aromatic heterocycles. The molecule has 2 amide bonds. The maximum absolute atomic E-state index is 13.5. The molecule has 0 spiro atoms. The maximum atomic E-state index is 13.5. The van der Waals surface area contributed by atoms with Gasteiger partial charge in [-0.1, -0.05) is 36.4 Å². The molecule has 0 saturated carbocycles. The fourth-order valence-electron chi connectivity index (χ4n) is 8.21. The number of nitrogens with zero attached hydrogens (tertiary/aromatic N) is 2. The molecule has 16 heteroatoms. The molecule has 4 aliphatic rings. The van der Waals surface area contributed by atoms with E-state index in [4.69, 9.17) is 14.2 Å². The highest BCUT2D eigenvalue weighted by Crippen LogP contribution is 2.44. The summed E-state index contributed by atoms with van der Waals surface area (Å²) < 4.78 is 19.3. The Morgan fingerprint density at radius 2 is 1.51 bits per heavy atom. The lowest BCUT2D eigenvalue weighted by Crippen LogP contribution is -2.66. The number of aromatic amines is 1. The van der Waals surface area contributed by atoms with Crippen molar-refractivity contribution in [3.05, 3.63) is 71.5 Å². The average Bonchev–Trinajstić information content (AvgIpc) is 3.76. The largest absolute Gasteiger partial charge is 0.394 e. The Balaban J connectivity index is 1.08. The van der Waals surface area contributed by atoms with Gasteiger partial charge in [0.1, 0.15) is 55.1 Å². The van der Waals surface area contributed by atoms with E-state index in [0.717, 1.165) is 27.4 Å². The van der Waals surface area contributed by atoms with Crippen LogP contribution in [0.15, 0.2) is 54.9 Å². The SMILES string of the molecule is O=C1NC(=O)[C@@H](c2cn3c4c(cccc24)CCN(C2O[C@H](CO)[C@@H](OC4O[C@H](CO)[C@@H](O)[C@H](O)[C@H]4O)[C@H](O)[C@H]2O)C3)[C@@H]1c1c[nH]c2ccccc12. The van der Waals surface area contributed by atoms with Gasteiger partial charge in [0.15, 0.2) is 6.29 Å². The molecule has 16 nitrogen and oxygen atoms in total. The summed E-state index contributed by atoms with van der Waals surface area (Å²) in [5, 5.41) is 77.6. The molecule has 51 heavy (non-hydrogen) atoms. The lowest BCUT2D eigenvalue weighted by atomic mass is 9.83. The van der Waals surface area contributed by atoms with Crippen molar-refractivity contribution in [3.63, 3.8) is 0 Å². The second-order valence-corrected chi connectivity index (χ2v) is 13.7. The van der Waals surface area contributed by atoms with E-state index in [1.807, 2.05) is 53.2 Å². The van der Waals surface area contributed by atoms with Gasteiger partial charge in [-0.2, -0.15) is 0 Å². The number of aromatic nitrogens is 2. The zero-order chi connectivity index (χ0) is 35.7. The fourth-order valence-corrected chi connectivity index (χ4v) is 8.21. The third-order valence-electron chi connectivity index (χ3n) is 10.8. The van der Waals surface area contributed by atoms with E-state index in [-0.39, 0.29) is 12.6 Å². The van der Waals surface area contributed by atoms with Crippen molar-refractivity contribution in [1.82, 2.24) is 19.8 Å². The standard InChI is InChI=1S/C35H40N4O12/c40-12-21-26(42)27(43)30(46)35(50-21)51-31-22(13-41)49-34(29(45)28(31)44)38-9-8-15-4-3-6-17-19(11-39(14-38)25(15)17)24-23(32(47)37-33(24)48)18-10-36-20-7-2-1-5-16(18)20/h1-7,10-11,21-24,26-31,34-36,40-46H,8-9,12-14H2,(H,37,47,48)/t21-,22-,23+,24+,26-,27+,28-,29-,30-,31-,34?,35?/m1/s1. The Morgan fingerprint density at radius 1 is 0.784 bits per heavy atom. The van der Waals surface area contributed by atoms with Gasteiger partial charge < -0.3 is 59.5 Å². The minimum Gasteiger partial charge on any atom is -0.394 e. The number of carbonyl (C=O) groups excluding carboxylic acids is 2. The third-order valence-corrected chi connectivity index (χ3v) is 10.8. The number of ether oxygens (including phenoxy) is 3. The van der Waals surface area contributed by atoms with Crippen LogP contribution in [0.1, 0.15) is 28.5 Å². The van der Waals surface area contributed by atoms with Gasteiger partial charge in [0.25, 0.3) is 0 Å². The lowest BCUT2D eigenvalue weighted by Gasteiger charge is -2.48. The van der Waals surface area contributed by atoms with Crippen LogP contribution >= 0.6 is 0 Å². The number of fused-ring (bicyclic) bond motifs is 1. The molecule has 4 aliphatic heterocycles. The molecule has 12 atom stereocenters. The minimum atomic E-state index is -1.77. The summed E-state index contributed by atoms with van der Waals surface area (Å²) in [6.07, 6.45) is -11.0. The quantitative estimate of drug-likeness (QED) is 0.0954. The Labute approximate surface area is 290 Å². The van der Waals surface area contributed by atoms with Crippen LogP contribution in [0.2, 0.25) is 0 Å². The number of para-hydroxylation sites is 2. The number of aliphatic hydroxyl groups is 7. The number of rotatable bonds is 7. The number of amides is 2. The molecule has 0 bridgehead atoms. The maximum Gasteiger partial charge on any atom is 0.235 e. The van der Waals surface area contributed by atoms with Gasteiger partial charge in [0.05, 0.1) is 37.2 Å². The zero-order valence-corrected chi connectivity index (χ0v) is 27.2. The van der Waals surface area contributed by atoms with E-state index >= 15 is 0 Å². The van der Waals surface area contributed by atoms with Crippen molar-refractivity contribution in [2.75, 3.05) is 19.8 Å². The van der Waals surface area contributed by atoms with Gasteiger partial charge in [-0.3, -0.25) is 19.8 Å². The van der Waals surface area contributed by atoms with Crippen molar-refractivity contribution in [2.45, 2.75) is 86.3 Å². The topological polar surface area (TPSA) is 239 Å². The molecule has 2 aromatic carbocycles. The van der Waals surface area contributed by atoms with Crippen LogP contribution in [0.25, 0.3) is 21.8 Å². The smallest absolute Gasteiger partial charge is 0.235 e. The number of imide groups is 1. The van der Waals surface area contributed by atoms with Crippen LogP contribution in [0.4, 0.5) is 0 Å². The van der Waals surface area contributed by atoms with Crippen molar-refractivity contribution >= 4 is 33.6 Å². The summed E-state index contributed by atoms with van der Waals surface area (Å²) in [5.41, 5.74) is 4.05. The van der Waals surface area contributed by atoms with Crippen molar-refractivity contribution in [3.8, 4) is 0 Å². The summed E-state index contributed by atoms with van der Waals surface area (Å²) >= 11 is 0. The molecule has 0 aliphatic carbocycles. The Bertz CT molecular complexity index is 1940. The number of hydrogen-bond donors (Lipinski definition) is 9. The van der Waals surface area contributed by atoms with E-state index in [9.17, 15) is 45.3 Å². The molecular weight excluding hydrogens is 668 g/mol. The highest BCUT2D eigenvalue weighted by molar-refractivity contribution is 6.13. The second kappa shape index (κ2) is 13.3. The molecule has 0 radical (unpaired) electrons. The molecule has 6 heterocycles. The number of benzene rings is 2. The summed E-state index contributed by atoms with van der Waals surface area (Å²) in [4.78, 5) is 31.9. The number of aliphatic hydroxyl groups excluding tert-OH is 7. The first kappa shape index (κ1) is 34.3. The van der Waals surface area contributed by atoms with Gasteiger partial charge in [0, 0.05) is 35.2 Å². The van der Waals surface area contributed by atoms with E-state index < -0.39 is 92.3 Å². The highest BCUT2D eigenvalue weighted by Gasteiger charge is 2.52. The minimum absolute atomic E-state index is 0.151. The first-order valence-electron chi connectivity index (χ1n) is 16.9. The van der Waals surface area contributed by atoms with Crippen LogP contribution in [0.5, 0.6) is 0 Å². The van der Waals surface area contributed by atoms with Crippen LogP contribution < -0.4 is 5.32 Å². The number of carbonyl (C=O) groups is 2. The van der Waals surface area contributed by atoms with Gasteiger partial charge in [0.2, 0.25) is 11.8 Å². The summed E-state index contributed by atoms with van der Waals surface area (Å²) in [7, 11) is 0. The number of nitrogens with one attached hydrogen (secondary N) is 2. The normalized spacial score (nSPS) is 36.1. The van der Waals surface area contributed by atoms with Crippen LogP contribution in [-0.4, -0.2) is 143 Å². The van der Waals surface area contributed by atoms with E-state index in [0.29, 0.717) is 24.1 Å². The lowest BCUT2D eigenvalue weighted by molar-refractivity contribution is -0.349. The molecule has 2 unspecified atom stereocenters. The van der Waals surface area contributed by atoms with Crippen LogP contribution in [-0.2, 0) is 36.9 Å². The average molecular weight is 709 g/mol. The Kier molecular flexibility index (Phi) is 8.97. The first-order valence-corrected chi connectivity index (χ1v) is 16.9. The molecular formula is C35H40N4O12. The van der Waals surface area contributed by atoms with Crippen molar-refractivity contribution in [2.24, 2.45) is 0 Å². The molecule has 3 saturated heterocycles. The number of hydrogen-bond acceptors (Lipinski definition) is 13. The van der Waals surface area contributed by atoms with Crippen molar-refractivity contribution in [1.29, 1.82) is 0 Å². The van der Waals surface area contributed by atoms with Gasteiger partial charge >= 0.3 is 0 Å². The van der Waals surface area contributed by atoms with Gasteiger partial charge in [-0.05, 0) is 29.2 Å². The first-order chi connectivity index (χ1) is 24.6. The van der Waals surface area contributed by atoms with Crippen LogP contribution in [0.3, 0.4) is 0 Å². The van der Waals surface area contributed by atoms with E-state index in [1.165, 1.54) is 0 Å². The molecule has 3 fully saturated rings. The zero-order valence-electron chi connectivity index (χ0n) is 27.2. The fraction of sp³-hybridized carbons (Fsp3) is 0.486. The van der Waals surface area contributed by atoms with Crippen LogP contribution in [0, 0.1) is 0 Å².